The molecule has 5 aliphatic rings. The van der Waals surface area contributed by atoms with Crippen molar-refractivity contribution in [2.24, 2.45) is 40.4 Å². The second-order valence-corrected chi connectivity index (χ2v) is 13.2. The predicted octanol–water partition coefficient (Wildman–Crippen LogP) is 3.66. The van der Waals surface area contributed by atoms with Gasteiger partial charge in [0.05, 0.1) is 24.4 Å². The van der Waals surface area contributed by atoms with E-state index >= 15 is 0 Å². The minimum absolute atomic E-state index is 0.0442. The van der Waals surface area contributed by atoms with Gasteiger partial charge in [0, 0.05) is 25.0 Å². The Morgan fingerprint density at radius 2 is 1.72 bits per heavy atom. The summed E-state index contributed by atoms with van der Waals surface area (Å²) in [6, 6.07) is 0.146. The van der Waals surface area contributed by atoms with Crippen molar-refractivity contribution in [3.05, 3.63) is 0 Å². The summed E-state index contributed by atoms with van der Waals surface area (Å²) in [6.45, 7) is 13.2. The molecule has 32 heavy (non-hydrogen) atoms. The fourth-order valence-electron chi connectivity index (χ4n) is 9.78. The molecule has 1 saturated heterocycles. The topological polar surface area (TPSA) is 70.0 Å². The van der Waals surface area contributed by atoms with Gasteiger partial charge in [-0.05, 0) is 100 Å². The Morgan fingerprint density at radius 1 is 0.969 bits per heavy atom. The van der Waals surface area contributed by atoms with Crippen molar-refractivity contribution in [2.45, 2.75) is 103 Å². The van der Waals surface area contributed by atoms with E-state index in [0.29, 0.717) is 23.5 Å². The fraction of sp³-hybridized carbons (Fsp3) is 0.963. The largest absolute Gasteiger partial charge is 0.393 e. The monoisotopic (exact) mass is 447 g/mol. The number of hydrogen-bond acceptors (Lipinski definition) is 5. The van der Waals surface area contributed by atoms with Crippen molar-refractivity contribution < 1.29 is 19.7 Å². The number of nitrogens with zero attached hydrogens (tertiary/aromatic N) is 1. The number of aliphatic hydroxyl groups is 2. The lowest BCUT2D eigenvalue weighted by Gasteiger charge is -2.64. The number of ketones is 1. The van der Waals surface area contributed by atoms with Crippen LogP contribution < -0.4 is 0 Å². The number of fused-ring (bicyclic) bond motifs is 5. The molecule has 4 saturated carbocycles. The van der Waals surface area contributed by atoms with Crippen molar-refractivity contribution in [3.8, 4) is 0 Å². The summed E-state index contributed by atoms with van der Waals surface area (Å²) in [6.07, 6.45) is 6.39. The van der Waals surface area contributed by atoms with Gasteiger partial charge in [-0.25, -0.2) is 0 Å². The second kappa shape index (κ2) is 7.76. The highest BCUT2D eigenvalue weighted by atomic mass is 16.5. The van der Waals surface area contributed by atoms with Crippen molar-refractivity contribution in [1.29, 1.82) is 0 Å². The van der Waals surface area contributed by atoms with Crippen LogP contribution in [0.25, 0.3) is 0 Å². The molecule has 2 N–H and O–H groups in total. The Bertz CT molecular complexity index is 754. The average Bonchev–Trinajstić information content (AvgIpc) is 3.03. The summed E-state index contributed by atoms with van der Waals surface area (Å²) in [4.78, 5) is 14.9. The first-order chi connectivity index (χ1) is 15.0. The third kappa shape index (κ3) is 3.44. The van der Waals surface area contributed by atoms with E-state index in [9.17, 15) is 15.0 Å². The first-order valence-corrected chi connectivity index (χ1v) is 13.2. The third-order valence-corrected chi connectivity index (χ3v) is 11.0. The van der Waals surface area contributed by atoms with E-state index in [4.69, 9.17) is 4.74 Å². The summed E-state index contributed by atoms with van der Waals surface area (Å²) in [5.74, 6) is 2.25. The molecule has 0 unspecified atom stereocenters. The minimum atomic E-state index is -0.342. The Kier molecular flexibility index (Phi) is 5.64. The third-order valence-electron chi connectivity index (χ3n) is 11.0. The Balaban J connectivity index is 1.43. The first kappa shape index (κ1) is 23.3. The molecule has 0 aromatic carbocycles. The number of carbonyl (C=O) groups excluding carboxylic acids is 1. The van der Waals surface area contributed by atoms with Crippen molar-refractivity contribution in [1.82, 2.24) is 4.90 Å². The van der Waals surface area contributed by atoms with Crippen LogP contribution in [0.4, 0.5) is 0 Å². The van der Waals surface area contributed by atoms with Gasteiger partial charge in [0.25, 0.3) is 0 Å². The molecule has 0 bridgehead atoms. The molecule has 0 spiro atoms. The minimum Gasteiger partial charge on any atom is -0.393 e. The lowest BCUT2D eigenvalue weighted by Crippen LogP contribution is -2.64. The standard InChI is InChI=1S/C27H45NO4/c1-16(29)19-8-9-20-18-7-6-17-12-22(30)21(28-10-11-32-25(2,3)15-28)13-26(17,4)24(18)23(31)14-27(19,20)5/h17-24,30-31H,6-15H2,1-5H3/t17-,18-,19+,20-,21-,22-,23+,24+,26-,27+/m0/s1. The van der Waals surface area contributed by atoms with Crippen molar-refractivity contribution in [3.63, 3.8) is 0 Å². The molecule has 5 heteroatoms. The van der Waals surface area contributed by atoms with Crippen LogP contribution in [-0.4, -0.2) is 64.4 Å². The van der Waals surface area contributed by atoms with Gasteiger partial charge in [0.15, 0.2) is 0 Å². The summed E-state index contributed by atoms with van der Waals surface area (Å²) in [5, 5.41) is 22.9. The van der Waals surface area contributed by atoms with Crippen LogP contribution in [0.5, 0.6) is 0 Å². The van der Waals surface area contributed by atoms with E-state index in [1.54, 1.807) is 6.92 Å². The Hall–Kier alpha value is -0.490. The summed E-state index contributed by atoms with van der Waals surface area (Å²) in [5.41, 5.74) is -0.176. The zero-order valence-corrected chi connectivity index (χ0v) is 20.8. The van der Waals surface area contributed by atoms with E-state index in [2.05, 4.69) is 32.6 Å². The summed E-state index contributed by atoms with van der Waals surface area (Å²) in [7, 11) is 0. The molecule has 5 fully saturated rings. The van der Waals surface area contributed by atoms with Gasteiger partial charge in [-0.1, -0.05) is 13.8 Å². The van der Waals surface area contributed by atoms with Crippen LogP contribution in [0.2, 0.25) is 0 Å². The number of rotatable bonds is 2. The Morgan fingerprint density at radius 3 is 2.41 bits per heavy atom. The van der Waals surface area contributed by atoms with Crippen LogP contribution in [0, 0.1) is 40.4 Å². The highest BCUT2D eigenvalue weighted by Gasteiger charge is 2.64. The quantitative estimate of drug-likeness (QED) is 0.676. The lowest BCUT2D eigenvalue weighted by atomic mass is 9.43. The maximum absolute atomic E-state index is 12.4. The SMILES string of the molecule is CC(=O)[C@H]1CC[C@H]2[C@@H]3CC[C@H]4C[C@H](O)[C@@H](N5CCOC(C)(C)C5)C[C@]4(C)[C@H]3[C@H](O)C[C@]12C. The maximum atomic E-state index is 12.4. The maximum Gasteiger partial charge on any atom is 0.133 e. The molecule has 0 aromatic rings. The van der Waals surface area contributed by atoms with Gasteiger partial charge in [-0.2, -0.15) is 0 Å². The van der Waals surface area contributed by atoms with E-state index in [0.717, 1.165) is 64.6 Å². The number of morpholine rings is 1. The molecule has 0 amide bonds. The molecular weight excluding hydrogens is 402 g/mol. The number of aliphatic hydroxyl groups excluding tert-OH is 2. The number of ether oxygens (including phenoxy) is 1. The molecule has 4 aliphatic carbocycles. The lowest BCUT2D eigenvalue weighted by molar-refractivity contribution is -0.198. The van der Waals surface area contributed by atoms with E-state index in [-0.39, 0.29) is 46.5 Å². The Labute approximate surface area is 194 Å². The number of carbonyl (C=O) groups is 1. The molecular formula is C27H45NO4. The zero-order chi connectivity index (χ0) is 23.1. The molecule has 0 radical (unpaired) electrons. The van der Waals surface area contributed by atoms with Gasteiger partial charge in [-0.15, -0.1) is 0 Å². The molecule has 1 heterocycles. The van der Waals surface area contributed by atoms with E-state index in [1.807, 2.05) is 0 Å². The van der Waals surface area contributed by atoms with Crippen LogP contribution in [0.3, 0.4) is 0 Å². The average molecular weight is 448 g/mol. The molecule has 1 aliphatic heterocycles. The van der Waals surface area contributed by atoms with E-state index in [1.165, 1.54) is 0 Å². The van der Waals surface area contributed by atoms with Crippen LogP contribution >= 0.6 is 0 Å². The van der Waals surface area contributed by atoms with Crippen LogP contribution in [0.1, 0.15) is 79.6 Å². The van der Waals surface area contributed by atoms with Gasteiger partial charge in [0.2, 0.25) is 0 Å². The molecule has 0 aromatic heterocycles. The van der Waals surface area contributed by atoms with Gasteiger partial charge in [0.1, 0.15) is 5.78 Å². The molecule has 182 valence electrons. The molecule has 5 rings (SSSR count). The molecule has 5 nitrogen and oxygen atoms in total. The normalized spacial score (nSPS) is 53.2. The molecule has 10 atom stereocenters. The predicted molar refractivity (Wildman–Crippen MR) is 124 cm³/mol. The van der Waals surface area contributed by atoms with Gasteiger partial charge in [-0.3, -0.25) is 9.69 Å². The van der Waals surface area contributed by atoms with Gasteiger partial charge < -0.3 is 14.9 Å². The second-order valence-electron chi connectivity index (χ2n) is 13.2. The first-order valence-electron chi connectivity index (χ1n) is 13.2. The fourth-order valence-corrected chi connectivity index (χ4v) is 9.78. The zero-order valence-electron chi connectivity index (χ0n) is 20.8. The number of hydrogen-bond donors (Lipinski definition) is 2. The van der Waals surface area contributed by atoms with Crippen LogP contribution in [0.15, 0.2) is 0 Å². The van der Waals surface area contributed by atoms with Gasteiger partial charge >= 0.3 is 0 Å². The van der Waals surface area contributed by atoms with Crippen molar-refractivity contribution in [2.75, 3.05) is 19.7 Å². The summed E-state index contributed by atoms with van der Waals surface area (Å²) >= 11 is 0. The number of Topliss-reactive ketones (excluding diaryl/α,β-unsaturated/α-hetero) is 1. The summed E-state index contributed by atoms with van der Waals surface area (Å²) < 4.78 is 5.95. The van der Waals surface area contributed by atoms with Crippen LogP contribution in [-0.2, 0) is 9.53 Å². The van der Waals surface area contributed by atoms with E-state index < -0.39 is 0 Å². The highest BCUT2D eigenvalue weighted by molar-refractivity contribution is 5.79. The smallest absolute Gasteiger partial charge is 0.133 e. The highest BCUT2D eigenvalue weighted by Crippen LogP contribution is 2.67. The van der Waals surface area contributed by atoms with Crippen molar-refractivity contribution >= 4 is 5.78 Å².